The van der Waals surface area contributed by atoms with Crippen molar-refractivity contribution in [3.05, 3.63) is 123 Å². The molecular formula is C45H51FN2O9Si. The monoisotopic (exact) mass is 810 g/mol. The average molecular weight is 811 g/mol. The molecule has 3 aliphatic rings. The zero-order chi connectivity index (χ0) is 41.9. The number of aromatic nitrogens is 1. The normalized spacial score (nSPS) is 22.2. The molecule has 1 heterocycles. The minimum atomic E-state index is -2.98. The number of hydrogen-bond donors (Lipinski definition) is 2. The Kier molecular flexibility index (Phi) is 10.9. The molecule has 0 radical (unpaired) electrons. The van der Waals surface area contributed by atoms with E-state index in [1.165, 1.54) is 0 Å². The molecular weight excluding hydrogens is 760 g/mol. The summed E-state index contributed by atoms with van der Waals surface area (Å²) in [5.74, 6) is -5.21. The van der Waals surface area contributed by atoms with E-state index in [-0.39, 0.29) is 76.8 Å². The Morgan fingerprint density at radius 1 is 1.02 bits per heavy atom. The highest BCUT2D eigenvalue weighted by Crippen LogP contribution is 2.60. The summed E-state index contributed by atoms with van der Waals surface area (Å²) in [4.78, 5) is 44.9. The standard InChI is InChI=1S/C45H51FN2O9Si/c1-25-32(29(21-49)22-50)36(46)30-19-28-20-31-37(48(5)6)40-35(43(47-56-40)55-24-27-17-13-10-14-18-27)42(53)45(31,57-58(7,8)44(2,3)4)41(52)33(28)38(51)34(30)39(25)54-23-26-15-11-9-12-16-26/h9-18,21,28-29,31,37,50,52H,19-20,22-24H2,1-8H3/t28-,29?,31-,37-,45-/m0/s1. The van der Waals surface area contributed by atoms with Gasteiger partial charge in [0.05, 0.1) is 24.1 Å². The highest BCUT2D eigenvalue weighted by molar-refractivity contribution is 6.74. The number of aliphatic hydroxyl groups is 2. The van der Waals surface area contributed by atoms with E-state index in [9.17, 15) is 15.0 Å². The number of allylic oxidation sites excluding steroid dienone is 1. The molecule has 3 aromatic carbocycles. The molecule has 0 amide bonds. The van der Waals surface area contributed by atoms with Gasteiger partial charge in [0.25, 0.3) is 5.88 Å². The van der Waals surface area contributed by atoms with Crippen molar-refractivity contribution in [1.82, 2.24) is 10.1 Å². The van der Waals surface area contributed by atoms with Crippen molar-refractivity contribution in [2.24, 2.45) is 11.8 Å². The van der Waals surface area contributed by atoms with Gasteiger partial charge in [-0.3, -0.25) is 14.5 Å². The van der Waals surface area contributed by atoms with Crippen molar-refractivity contribution in [2.75, 3.05) is 20.7 Å². The topological polar surface area (TPSA) is 149 Å². The van der Waals surface area contributed by atoms with Crippen molar-refractivity contribution in [3.63, 3.8) is 0 Å². The molecule has 1 unspecified atom stereocenters. The van der Waals surface area contributed by atoms with E-state index in [1.807, 2.05) is 114 Å². The number of nitrogens with zero attached hydrogens (tertiary/aromatic N) is 2. The second-order valence-electron chi connectivity index (χ2n) is 17.4. The molecule has 11 nitrogen and oxygen atoms in total. The van der Waals surface area contributed by atoms with E-state index >= 15 is 14.0 Å². The summed E-state index contributed by atoms with van der Waals surface area (Å²) >= 11 is 0. The van der Waals surface area contributed by atoms with Crippen LogP contribution >= 0.6 is 0 Å². The van der Waals surface area contributed by atoms with E-state index < -0.39 is 72.5 Å². The Balaban J connectivity index is 1.45. The summed E-state index contributed by atoms with van der Waals surface area (Å²) < 4.78 is 42.7. The van der Waals surface area contributed by atoms with Gasteiger partial charge in [-0.2, -0.15) is 0 Å². The predicted molar refractivity (Wildman–Crippen MR) is 216 cm³/mol. The highest BCUT2D eigenvalue weighted by Gasteiger charge is 2.67. The number of rotatable bonds is 12. The van der Waals surface area contributed by atoms with Crippen molar-refractivity contribution < 1.29 is 47.4 Å². The minimum Gasteiger partial charge on any atom is -0.508 e. The van der Waals surface area contributed by atoms with Gasteiger partial charge in [0.1, 0.15) is 42.4 Å². The fraction of sp³-hybridized carbons (Fsp3) is 0.422. The van der Waals surface area contributed by atoms with Gasteiger partial charge in [-0.25, -0.2) is 4.39 Å². The van der Waals surface area contributed by atoms with Crippen molar-refractivity contribution in [2.45, 2.75) is 89.4 Å². The molecule has 0 saturated carbocycles. The number of ketones is 2. The number of halogens is 1. The number of Topliss-reactive ketones (excluding diaryl/α,β-unsaturated/α-hetero) is 2. The van der Waals surface area contributed by atoms with Crippen molar-refractivity contribution in [3.8, 4) is 11.6 Å². The lowest BCUT2D eigenvalue weighted by Gasteiger charge is -2.55. The van der Waals surface area contributed by atoms with Gasteiger partial charge in [-0.1, -0.05) is 81.4 Å². The molecule has 306 valence electrons. The molecule has 0 spiro atoms. The number of benzene rings is 3. The summed E-state index contributed by atoms with van der Waals surface area (Å²) in [6, 6.07) is 17.9. The maximum absolute atomic E-state index is 17.0. The molecule has 0 saturated heterocycles. The quantitative estimate of drug-likeness (QED) is 0.106. The number of carbonyl (C=O) groups is 3. The number of hydrogen-bond acceptors (Lipinski definition) is 11. The predicted octanol–water partition coefficient (Wildman–Crippen LogP) is 8.00. The Bertz CT molecular complexity index is 2280. The average Bonchev–Trinajstić information content (AvgIpc) is 3.60. The van der Waals surface area contributed by atoms with E-state index in [0.717, 1.165) is 11.1 Å². The first-order valence-electron chi connectivity index (χ1n) is 19.6. The van der Waals surface area contributed by atoms with Crippen LogP contribution < -0.4 is 9.47 Å². The third-order valence-electron chi connectivity index (χ3n) is 12.6. The lowest BCUT2D eigenvalue weighted by Crippen LogP contribution is -2.65. The Morgan fingerprint density at radius 2 is 1.62 bits per heavy atom. The third kappa shape index (κ3) is 6.61. The fourth-order valence-corrected chi connectivity index (χ4v) is 10.2. The van der Waals surface area contributed by atoms with Crippen LogP contribution in [0.4, 0.5) is 4.39 Å². The number of ether oxygens (including phenoxy) is 2. The van der Waals surface area contributed by atoms with E-state index in [1.54, 1.807) is 6.92 Å². The number of carbonyl (C=O) groups excluding carboxylic acids is 3. The lowest BCUT2D eigenvalue weighted by molar-refractivity contribution is -0.109. The second-order valence-corrected chi connectivity index (χ2v) is 22.1. The van der Waals surface area contributed by atoms with Gasteiger partial charge < -0.3 is 33.4 Å². The number of aliphatic hydroxyl groups excluding tert-OH is 2. The molecule has 0 fully saturated rings. The van der Waals surface area contributed by atoms with E-state index in [4.69, 9.17) is 18.4 Å². The van der Waals surface area contributed by atoms with Crippen LogP contribution in [0, 0.1) is 24.6 Å². The van der Waals surface area contributed by atoms with Crippen LogP contribution in [0.1, 0.15) is 93.4 Å². The zero-order valence-corrected chi connectivity index (χ0v) is 35.2. The van der Waals surface area contributed by atoms with Crippen LogP contribution in [0.2, 0.25) is 18.1 Å². The minimum absolute atomic E-state index is 0.0112. The van der Waals surface area contributed by atoms with Crippen LogP contribution in [-0.2, 0) is 28.9 Å². The number of aldehydes is 1. The third-order valence-corrected chi connectivity index (χ3v) is 17.1. The van der Waals surface area contributed by atoms with E-state index in [0.29, 0.717) is 6.29 Å². The van der Waals surface area contributed by atoms with Crippen molar-refractivity contribution >= 4 is 26.2 Å². The zero-order valence-electron chi connectivity index (χ0n) is 34.2. The molecule has 0 bridgehead atoms. The first-order valence-corrected chi connectivity index (χ1v) is 22.5. The number of fused-ring (bicyclic) bond motifs is 4. The molecule has 2 N–H and O–H groups in total. The van der Waals surface area contributed by atoms with Crippen LogP contribution in [0.15, 0.2) is 76.5 Å². The maximum Gasteiger partial charge on any atom is 0.265 e. The smallest absolute Gasteiger partial charge is 0.265 e. The molecule has 58 heavy (non-hydrogen) atoms. The molecule has 0 aliphatic heterocycles. The Hall–Kier alpha value is -4.95. The van der Waals surface area contributed by atoms with Crippen LogP contribution in [0.25, 0.3) is 0 Å². The molecule has 4 aromatic rings. The summed E-state index contributed by atoms with van der Waals surface area (Å²) in [6.07, 6.45) is 0.540. The van der Waals surface area contributed by atoms with Gasteiger partial charge in [0.2, 0.25) is 5.78 Å². The fourth-order valence-electron chi connectivity index (χ4n) is 8.73. The summed E-state index contributed by atoms with van der Waals surface area (Å²) in [6.45, 7) is 11.0. The summed E-state index contributed by atoms with van der Waals surface area (Å²) in [7, 11) is 0.667. The molecule has 1 aromatic heterocycles. The molecule has 5 atom stereocenters. The first-order chi connectivity index (χ1) is 27.5. The Morgan fingerprint density at radius 3 is 2.17 bits per heavy atom. The summed E-state index contributed by atoms with van der Waals surface area (Å²) in [5.41, 5.74) is -0.425. The van der Waals surface area contributed by atoms with Crippen molar-refractivity contribution in [1.29, 1.82) is 0 Å². The maximum atomic E-state index is 17.0. The highest BCUT2D eigenvalue weighted by atomic mass is 28.4. The van der Waals surface area contributed by atoms with Gasteiger partial charge in [0, 0.05) is 22.6 Å². The Labute approximate surface area is 338 Å². The largest absolute Gasteiger partial charge is 0.508 e. The summed E-state index contributed by atoms with van der Waals surface area (Å²) in [5, 5.41) is 27.0. The second kappa shape index (κ2) is 15.3. The van der Waals surface area contributed by atoms with Crippen LogP contribution in [-0.4, -0.2) is 72.7 Å². The van der Waals surface area contributed by atoms with Gasteiger partial charge >= 0.3 is 0 Å². The molecule has 3 aliphatic carbocycles. The first kappa shape index (κ1) is 41.2. The molecule has 7 rings (SSSR count). The van der Waals surface area contributed by atoms with Gasteiger partial charge in [-0.05, 0) is 79.8 Å². The van der Waals surface area contributed by atoms with Gasteiger partial charge in [-0.15, -0.1) is 0 Å². The molecule has 13 heteroatoms. The van der Waals surface area contributed by atoms with Crippen LogP contribution in [0.3, 0.4) is 0 Å². The van der Waals surface area contributed by atoms with Crippen LogP contribution in [0.5, 0.6) is 11.6 Å². The SMILES string of the molecule is Cc1c(OCc2ccccc2)c2c(c(F)c1C(C=O)CO)C[C@H]1C[C@H]3[C@H](N(C)C)c4onc(OCc5ccccc5)c4C(=O)[C@@]3(O[Si](C)(C)C(C)(C)C)C(O)=C1C2=O. The lowest BCUT2D eigenvalue weighted by atomic mass is 9.58. The van der Waals surface area contributed by atoms with Gasteiger partial charge in [0.15, 0.2) is 25.5 Å². The van der Waals surface area contributed by atoms with E-state index in [2.05, 4.69) is 5.16 Å².